The van der Waals surface area contributed by atoms with E-state index in [0.717, 1.165) is 12.8 Å². The van der Waals surface area contributed by atoms with Gasteiger partial charge < -0.3 is 0 Å². The average molecular weight is 371 g/mol. The number of hydrogen-bond donors (Lipinski definition) is 0. The van der Waals surface area contributed by atoms with Gasteiger partial charge in [-0.2, -0.15) is 4.58 Å². The van der Waals surface area contributed by atoms with Crippen molar-refractivity contribution in [2.45, 2.75) is 18.3 Å². The molecule has 1 nitrogen and oxygen atoms in total. The van der Waals surface area contributed by atoms with Crippen molar-refractivity contribution in [1.82, 2.24) is 0 Å². The minimum Gasteiger partial charge on any atom is -0.198 e. The second kappa shape index (κ2) is 7.13. The van der Waals surface area contributed by atoms with Crippen LogP contribution in [0.3, 0.4) is 0 Å². The molecule has 0 atom stereocenters. The minimum absolute atomic E-state index is 0.137. The van der Waals surface area contributed by atoms with E-state index in [1.165, 1.54) is 32.6 Å². The van der Waals surface area contributed by atoms with E-state index in [1.807, 2.05) is 12.2 Å². The monoisotopic (exact) mass is 370 g/mol. The van der Waals surface area contributed by atoms with E-state index in [1.54, 1.807) is 11.3 Å². The van der Waals surface area contributed by atoms with E-state index >= 15 is 0 Å². The third-order valence-electron chi connectivity index (χ3n) is 5.53. The molecule has 134 valence electrons. The molecule has 4 rings (SSSR count). The van der Waals surface area contributed by atoms with Gasteiger partial charge in [0.15, 0.2) is 5.71 Å². The molecule has 2 heterocycles. The van der Waals surface area contributed by atoms with Crippen LogP contribution in [-0.2, 0) is 5.41 Å². The lowest BCUT2D eigenvalue weighted by atomic mass is 9.70. The predicted octanol–water partition coefficient (Wildman–Crippen LogP) is 6.73. The van der Waals surface area contributed by atoms with Gasteiger partial charge in [-0.3, -0.25) is 0 Å². The van der Waals surface area contributed by atoms with Crippen molar-refractivity contribution in [2.75, 3.05) is 7.05 Å². The van der Waals surface area contributed by atoms with Gasteiger partial charge in [-0.15, -0.1) is 24.5 Å². The Bertz CT molecular complexity index is 1060. The summed E-state index contributed by atoms with van der Waals surface area (Å²) < 4.78 is 2.35. The lowest BCUT2D eigenvalue weighted by molar-refractivity contribution is -0.401. The van der Waals surface area contributed by atoms with E-state index in [-0.39, 0.29) is 5.41 Å². The van der Waals surface area contributed by atoms with Gasteiger partial charge in [0.1, 0.15) is 7.05 Å². The molecule has 2 aromatic carbocycles. The van der Waals surface area contributed by atoms with Crippen LogP contribution < -0.4 is 0 Å². The van der Waals surface area contributed by atoms with Crippen LogP contribution in [0.1, 0.15) is 23.3 Å². The van der Waals surface area contributed by atoms with Gasteiger partial charge in [0, 0.05) is 22.6 Å². The van der Waals surface area contributed by atoms with Crippen LogP contribution in [0.25, 0.3) is 16.8 Å². The summed E-state index contributed by atoms with van der Waals surface area (Å²) in [5, 5.41) is 4.72. The molecule has 0 saturated carbocycles. The molecule has 0 radical (unpaired) electrons. The third kappa shape index (κ3) is 2.81. The van der Waals surface area contributed by atoms with Crippen molar-refractivity contribution in [3.8, 4) is 0 Å². The standard InChI is InChI=1S/C25H24NS/c1-4-16-25(17-5-2)23(15-13-20-10-8-18-27-20)26(3)22-14-12-19-9-6-7-11-21(19)24(22)25/h4-15,18H,1-2,16-17H2,3H3/q+1. The first kappa shape index (κ1) is 17.7. The molecule has 0 aliphatic carbocycles. The van der Waals surface area contributed by atoms with Crippen LogP contribution in [0.5, 0.6) is 0 Å². The zero-order valence-electron chi connectivity index (χ0n) is 15.7. The number of benzene rings is 2. The maximum Gasteiger partial charge on any atom is 0.210 e. The van der Waals surface area contributed by atoms with Crippen LogP contribution in [-0.4, -0.2) is 17.3 Å². The van der Waals surface area contributed by atoms with Gasteiger partial charge in [0.2, 0.25) is 5.69 Å². The summed E-state index contributed by atoms with van der Waals surface area (Å²) in [6.45, 7) is 8.17. The molecule has 0 amide bonds. The molecule has 0 N–H and O–H groups in total. The van der Waals surface area contributed by atoms with Crippen molar-refractivity contribution in [2.24, 2.45) is 0 Å². The Hall–Kier alpha value is -2.71. The van der Waals surface area contributed by atoms with Gasteiger partial charge in [0.25, 0.3) is 0 Å². The highest BCUT2D eigenvalue weighted by atomic mass is 32.1. The second-order valence-electron chi connectivity index (χ2n) is 7.04. The number of nitrogens with zero attached hydrogens (tertiary/aromatic N) is 1. The molecule has 0 spiro atoms. The normalized spacial score (nSPS) is 15.4. The summed E-state index contributed by atoms with van der Waals surface area (Å²) in [6.07, 6.45) is 10.4. The Morgan fingerprint density at radius 2 is 1.74 bits per heavy atom. The van der Waals surface area contributed by atoms with Gasteiger partial charge in [-0.05, 0) is 47.2 Å². The van der Waals surface area contributed by atoms with Crippen molar-refractivity contribution in [3.63, 3.8) is 0 Å². The summed E-state index contributed by atoms with van der Waals surface area (Å²) >= 11 is 1.76. The van der Waals surface area contributed by atoms with Crippen LogP contribution in [0.2, 0.25) is 0 Å². The highest BCUT2D eigenvalue weighted by molar-refractivity contribution is 7.10. The van der Waals surface area contributed by atoms with Crippen LogP contribution in [0, 0.1) is 0 Å². The lowest BCUT2D eigenvalue weighted by Gasteiger charge is -2.26. The first-order chi connectivity index (χ1) is 13.2. The Labute approximate surface area is 165 Å². The number of rotatable bonds is 6. The average Bonchev–Trinajstić information content (AvgIpc) is 3.27. The highest BCUT2D eigenvalue weighted by Crippen LogP contribution is 2.48. The second-order valence-corrected chi connectivity index (χ2v) is 8.02. The van der Waals surface area contributed by atoms with Crippen LogP contribution in [0.15, 0.2) is 85.3 Å². The molecule has 0 fully saturated rings. The summed E-state index contributed by atoms with van der Waals surface area (Å²) in [5.74, 6) is 0. The minimum atomic E-state index is -0.137. The topological polar surface area (TPSA) is 3.01 Å². The molecule has 27 heavy (non-hydrogen) atoms. The number of fused-ring (bicyclic) bond motifs is 3. The third-order valence-corrected chi connectivity index (χ3v) is 6.37. The Morgan fingerprint density at radius 1 is 0.963 bits per heavy atom. The van der Waals surface area contributed by atoms with E-state index < -0.39 is 0 Å². The molecule has 0 unspecified atom stereocenters. The molecule has 0 saturated heterocycles. The summed E-state index contributed by atoms with van der Waals surface area (Å²) in [7, 11) is 2.18. The van der Waals surface area contributed by atoms with E-state index in [0.29, 0.717) is 0 Å². The summed E-state index contributed by atoms with van der Waals surface area (Å²) in [4.78, 5) is 1.27. The smallest absolute Gasteiger partial charge is 0.198 e. The van der Waals surface area contributed by atoms with Gasteiger partial charge in [-0.1, -0.05) is 42.5 Å². The zero-order chi connectivity index (χ0) is 18.9. The number of allylic oxidation sites excluding steroid dienone is 3. The lowest BCUT2D eigenvalue weighted by Crippen LogP contribution is -2.33. The van der Waals surface area contributed by atoms with Crippen LogP contribution in [0.4, 0.5) is 5.69 Å². The van der Waals surface area contributed by atoms with Crippen LogP contribution >= 0.6 is 11.3 Å². The van der Waals surface area contributed by atoms with Gasteiger partial charge in [-0.25, -0.2) is 0 Å². The zero-order valence-corrected chi connectivity index (χ0v) is 16.5. The van der Waals surface area contributed by atoms with Crippen molar-refractivity contribution < 1.29 is 4.58 Å². The van der Waals surface area contributed by atoms with Gasteiger partial charge in [0.05, 0.1) is 5.41 Å². The molecule has 1 aliphatic rings. The molecule has 2 heteroatoms. The van der Waals surface area contributed by atoms with Crippen molar-refractivity contribution >= 4 is 39.6 Å². The first-order valence-corrected chi connectivity index (χ1v) is 10.2. The first-order valence-electron chi connectivity index (χ1n) is 9.28. The summed E-state index contributed by atoms with van der Waals surface area (Å²) in [5.41, 5.74) is 3.85. The molecule has 1 aromatic heterocycles. The number of thiophene rings is 1. The Morgan fingerprint density at radius 3 is 2.44 bits per heavy atom. The fraction of sp³-hybridized carbons (Fsp3) is 0.160. The Kier molecular flexibility index (Phi) is 4.67. The predicted molar refractivity (Wildman–Crippen MR) is 119 cm³/mol. The van der Waals surface area contributed by atoms with Gasteiger partial charge >= 0.3 is 0 Å². The molecular weight excluding hydrogens is 346 g/mol. The maximum atomic E-state index is 4.09. The largest absolute Gasteiger partial charge is 0.210 e. The van der Waals surface area contributed by atoms with E-state index in [2.05, 4.69) is 90.8 Å². The maximum absolute atomic E-state index is 4.09. The molecular formula is C25H24NS+. The molecule has 0 bridgehead atoms. The van der Waals surface area contributed by atoms with E-state index in [9.17, 15) is 0 Å². The summed E-state index contributed by atoms with van der Waals surface area (Å²) in [6, 6.07) is 17.4. The number of hydrogen-bond acceptors (Lipinski definition) is 1. The fourth-order valence-corrected chi connectivity index (χ4v) is 5.05. The SMILES string of the molecule is C=CCC1(CC=C)C(C=Cc2cccs2)=[N+](C)c2ccc3ccccc3c21. The van der Waals surface area contributed by atoms with Crippen molar-refractivity contribution in [1.29, 1.82) is 0 Å². The Balaban J connectivity index is 1.99. The molecule has 3 aromatic rings. The highest BCUT2D eigenvalue weighted by Gasteiger charge is 2.49. The van der Waals surface area contributed by atoms with E-state index in [4.69, 9.17) is 0 Å². The fourth-order valence-electron chi connectivity index (χ4n) is 4.43. The quantitative estimate of drug-likeness (QED) is 0.334. The van der Waals surface area contributed by atoms with Crippen molar-refractivity contribution in [3.05, 3.63) is 95.7 Å². The molecule has 1 aliphatic heterocycles.